The van der Waals surface area contributed by atoms with Gasteiger partial charge in [0.25, 0.3) is 0 Å². The minimum atomic E-state index is -3.85. The molecule has 0 unspecified atom stereocenters. The first-order chi connectivity index (χ1) is 13.9. The van der Waals surface area contributed by atoms with E-state index in [1.807, 2.05) is 43.3 Å². The Kier molecular flexibility index (Phi) is 6.74. The maximum atomic E-state index is 12.8. The number of hydrogen-bond donors (Lipinski definition) is 2. The van der Waals surface area contributed by atoms with E-state index in [4.69, 9.17) is 0 Å². The van der Waals surface area contributed by atoms with Crippen LogP contribution in [0.15, 0.2) is 83.9 Å². The Morgan fingerprint density at radius 1 is 0.966 bits per heavy atom. The van der Waals surface area contributed by atoms with E-state index in [-0.39, 0.29) is 17.9 Å². The lowest BCUT2D eigenvalue weighted by Gasteiger charge is -2.19. The third kappa shape index (κ3) is 5.97. The van der Waals surface area contributed by atoms with Gasteiger partial charge in [0.1, 0.15) is 6.04 Å². The zero-order valence-electron chi connectivity index (χ0n) is 16.1. The standard InChI is InChI=1S/C22H23N3O3S/c1-17-10-12-20(13-11-17)29(27,28)25-21(15-18-7-3-2-4-8-18)22(26)24-16-19-9-5-6-14-23-19/h2-14,21,25H,15-16H2,1H3,(H,24,26)/t21-/m0/s1. The van der Waals surface area contributed by atoms with Crippen molar-refractivity contribution in [3.05, 3.63) is 95.8 Å². The Hall–Kier alpha value is -3.03. The van der Waals surface area contributed by atoms with Crippen LogP contribution in [0.2, 0.25) is 0 Å². The van der Waals surface area contributed by atoms with Gasteiger partial charge >= 0.3 is 0 Å². The molecular formula is C22H23N3O3S. The summed E-state index contributed by atoms with van der Waals surface area (Å²) in [4.78, 5) is 17.1. The molecule has 0 aliphatic heterocycles. The molecule has 0 spiro atoms. The third-order valence-electron chi connectivity index (χ3n) is 4.40. The third-order valence-corrected chi connectivity index (χ3v) is 5.89. The Labute approximate surface area is 171 Å². The molecule has 1 aromatic heterocycles. The highest BCUT2D eigenvalue weighted by molar-refractivity contribution is 7.89. The number of carbonyl (C=O) groups is 1. The summed E-state index contributed by atoms with van der Waals surface area (Å²) in [5.41, 5.74) is 2.51. The molecule has 0 aliphatic carbocycles. The quantitative estimate of drug-likeness (QED) is 0.599. The maximum Gasteiger partial charge on any atom is 0.241 e. The molecule has 3 aromatic rings. The number of nitrogens with zero attached hydrogens (tertiary/aromatic N) is 1. The average Bonchev–Trinajstić information content (AvgIpc) is 2.73. The number of aryl methyl sites for hydroxylation is 1. The van der Waals surface area contributed by atoms with Gasteiger partial charge < -0.3 is 5.32 Å². The van der Waals surface area contributed by atoms with Crippen molar-refractivity contribution in [2.75, 3.05) is 0 Å². The summed E-state index contributed by atoms with van der Waals surface area (Å²) < 4.78 is 28.2. The van der Waals surface area contributed by atoms with E-state index in [1.54, 1.807) is 30.5 Å². The molecule has 0 saturated heterocycles. The second-order valence-electron chi connectivity index (χ2n) is 6.72. The largest absolute Gasteiger partial charge is 0.349 e. The van der Waals surface area contributed by atoms with Crippen molar-refractivity contribution in [3.63, 3.8) is 0 Å². The first kappa shape index (κ1) is 20.7. The Bertz CT molecular complexity index is 1040. The summed E-state index contributed by atoms with van der Waals surface area (Å²) in [5.74, 6) is -0.407. The molecule has 2 aromatic carbocycles. The van der Waals surface area contributed by atoms with E-state index in [0.29, 0.717) is 5.69 Å². The number of rotatable bonds is 8. The summed E-state index contributed by atoms with van der Waals surface area (Å²) in [7, 11) is -3.85. The molecule has 1 heterocycles. The molecule has 7 heteroatoms. The van der Waals surface area contributed by atoms with Gasteiger partial charge in [0.2, 0.25) is 15.9 Å². The fourth-order valence-electron chi connectivity index (χ4n) is 2.81. The SMILES string of the molecule is Cc1ccc(S(=O)(=O)N[C@@H](Cc2ccccc2)C(=O)NCc2ccccn2)cc1. The van der Waals surface area contributed by atoms with Crippen molar-refractivity contribution in [2.45, 2.75) is 30.8 Å². The highest BCUT2D eigenvalue weighted by Crippen LogP contribution is 2.12. The molecule has 2 N–H and O–H groups in total. The number of pyridine rings is 1. The molecule has 150 valence electrons. The Morgan fingerprint density at radius 3 is 2.31 bits per heavy atom. The van der Waals surface area contributed by atoms with Gasteiger partial charge in [0.15, 0.2) is 0 Å². The molecule has 3 rings (SSSR count). The van der Waals surface area contributed by atoms with Gasteiger partial charge in [0, 0.05) is 6.20 Å². The van der Waals surface area contributed by atoms with E-state index in [9.17, 15) is 13.2 Å². The Balaban J connectivity index is 1.78. The van der Waals surface area contributed by atoms with Crippen LogP contribution in [-0.4, -0.2) is 25.4 Å². The second-order valence-corrected chi connectivity index (χ2v) is 8.43. The highest BCUT2D eigenvalue weighted by atomic mass is 32.2. The number of sulfonamides is 1. The fourth-order valence-corrected chi connectivity index (χ4v) is 4.01. The predicted molar refractivity (Wildman–Crippen MR) is 112 cm³/mol. The number of amides is 1. The molecule has 0 saturated carbocycles. The summed E-state index contributed by atoms with van der Waals surface area (Å²) >= 11 is 0. The van der Waals surface area contributed by atoms with E-state index >= 15 is 0 Å². The number of nitrogens with one attached hydrogen (secondary N) is 2. The first-order valence-electron chi connectivity index (χ1n) is 9.24. The zero-order chi connectivity index (χ0) is 20.7. The van der Waals surface area contributed by atoms with Crippen LogP contribution in [0.5, 0.6) is 0 Å². The molecule has 0 fully saturated rings. The van der Waals surface area contributed by atoms with Crippen LogP contribution in [-0.2, 0) is 27.8 Å². The molecular weight excluding hydrogens is 386 g/mol. The summed E-state index contributed by atoms with van der Waals surface area (Å²) in [6.45, 7) is 2.10. The van der Waals surface area contributed by atoms with E-state index in [0.717, 1.165) is 11.1 Å². The monoisotopic (exact) mass is 409 g/mol. The lowest BCUT2D eigenvalue weighted by atomic mass is 10.1. The van der Waals surface area contributed by atoms with Crippen LogP contribution in [0.1, 0.15) is 16.8 Å². The van der Waals surface area contributed by atoms with E-state index in [1.165, 1.54) is 12.1 Å². The smallest absolute Gasteiger partial charge is 0.241 e. The van der Waals surface area contributed by atoms with Crippen molar-refractivity contribution in [1.82, 2.24) is 15.0 Å². The van der Waals surface area contributed by atoms with Gasteiger partial charge in [-0.05, 0) is 43.2 Å². The lowest BCUT2D eigenvalue weighted by Crippen LogP contribution is -2.47. The van der Waals surface area contributed by atoms with Gasteiger partial charge in [-0.25, -0.2) is 8.42 Å². The molecule has 0 radical (unpaired) electrons. The van der Waals surface area contributed by atoms with Gasteiger partial charge in [-0.2, -0.15) is 4.72 Å². The zero-order valence-corrected chi connectivity index (χ0v) is 16.9. The second kappa shape index (κ2) is 9.45. The summed E-state index contributed by atoms with van der Waals surface area (Å²) in [6.07, 6.45) is 1.88. The normalized spacial score (nSPS) is 12.3. The predicted octanol–water partition coefficient (Wildman–Crippen LogP) is 2.60. The van der Waals surface area contributed by atoms with Gasteiger partial charge in [-0.15, -0.1) is 0 Å². The molecule has 1 amide bonds. The van der Waals surface area contributed by atoms with Crippen LogP contribution in [0.3, 0.4) is 0 Å². The van der Waals surface area contributed by atoms with E-state index in [2.05, 4.69) is 15.0 Å². The molecule has 0 bridgehead atoms. The van der Waals surface area contributed by atoms with Gasteiger partial charge in [-0.1, -0.05) is 54.1 Å². The minimum Gasteiger partial charge on any atom is -0.349 e. The molecule has 29 heavy (non-hydrogen) atoms. The minimum absolute atomic E-state index is 0.124. The van der Waals surface area contributed by atoms with Crippen molar-refractivity contribution in [3.8, 4) is 0 Å². The number of hydrogen-bond acceptors (Lipinski definition) is 4. The van der Waals surface area contributed by atoms with Crippen molar-refractivity contribution >= 4 is 15.9 Å². The van der Waals surface area contributed by atoms with Crippen LogP contribution in [0, 0.1) is 6.92 Å². The topological polar surface area (TPSA) is 88.2 Å². The fraction of sp³-hybridized carbons (Fsp3) is 0.182. The van der Waals surface area contributed by atoms with Crippen molar-refractivity contribution < 1.29 is 13.2 Å². The molecule has 0 aliphatic rings. The molecule has 1 atom stereocenters. The highest BCUT2D eigenvalue weighted by Gasteiger charge is 2.26. The van der Waals surface area contributed by atoms with E-state index < -0.39 is 22.0 Å². The van der Waals surface area contributed by atoms with Crippen LogP contribution in [0.25, 0.3) is 0 Å². The first-order valence-corrected chi connectivity index (χ1v) is 10.7. The summed E-state index contributed by atoms with van der Waals surface area (Å²) in [6, 6.07) is 20.3. The average molecular weight is 410 g/mol. The number of carbonyl (C=O) groups excluding carboxylic acids is 1. The molecule has 6 nitrogen and oxygen atoms in total. The van der Waals surface area contributed by atoms with Gasteiger partial charge in [0.05, 0.1) is 17.1 Å². The van der Waals surface area contributed by atoms with Crippen molar-refractivity contribution in [1.29, 1.82) is 0 Å². The van der Waals surface area contributed by atoms with Crippen molar-refractivity contribution in [2.24, 2.45) is 0 Å². The lowest BCUT2D eigenvalue weighted by molar-refractivity contribution is -0.122. The Morgan fingerprint density at radius 2 is 1.66 bits per heavy atom. The van der Waals surface area contributed by atoms with Crippen LogP contribution >= 0.6 is 0 Å². The summed E-state index contributed by atoms with van der Waals surface area (Å²) in [5, 5.41) is 2.77. The number of aromatic nitrogens is 1. The van der Waals surface area contributed by atoms with Crippen LogP contribution in [0.4, 0.5) is 0 Å². The van der Waals surface area contributed by atoms with Gasteiger partial charge in [-0.3, -0.25) is 9.78 Å². The maximum absolute atomic E-state index is 12.8. The van der Waals surface area contributed by atoms with Crippen LogP contribution < -0.4 is 10.0 Å². The number of benzene rings is 2.